The minimum absolute atomic E-state index is 0.0605. The number of rotatable bonds is 6. The van der Waals surface area contributed by atoms with Crippen molar-refractivity contribution in [1.82, 2.24) is 9.62 Å². The number of hydrogen-bond donors (Lipinski definition) is 2. The highest BCUT2D eigenvalue weighted by Crippen LogP contribution is 2.26. The Hall–Kier alpha value is -1.49. The zero-order valence-corrected chi connectivity index (χ0v) is 16.4. The molecule has 6 nitrogen and oxygen atoms in total. The Kier molecular flexibility index (Phi) is 6.20. The van der Waals surface area contributed by atoms with Gasteiger partial charge in [-0.05, 0) is 36.5 Å². The van der Waals surface area contributed by atoms with E-state index in [4.69, 9.17) is 16.9 Å². The number of hydrogen-bond acceptors (Lipinski definition) is 5. The largest absolute Gasteiger partial charge is 0.385 e. The van der Waals surface area contributed by atoms with Crippen LogP contribution in [0.1, 0.15) is 33.6 Å². The first kappa shape index (κ1) is 19.8. The number of anilines is 1. The lowest BCUT2D eigenvalue weighted by Gasteiger charge is -2.19. The second-order valence-electron chi connectivity index (χ2n) is 7.54. The second kappa shape index (κ2) is 7.81. The summed E-state index contributed by atoms with van der Waals surface area (Å²) in [6, 6.07) is 4.64. The highest BCUT2D eigenvalue weighted by molar-refractivity contribution is 7.89. The fourth-order valence-corrected chi connectivity index (χ4v) is 4.42. The van der Waals surface area contributed by atoms with Crippen LogP contribution < -0.4 is 10.0 Å². The molecule has 138 valence electrons. The second-order valence-corrected chi connectivity index (χ2v) is 9.63. The Morgan fingerprint density at radius 3 is 2.72 bits per heavy atom. The fourth-order valence-electron chi connectivity index (χ4n) is 2.63. The van der Waals surface area contributed by atoms with E-state index in [1.165, 1.54) is 0 Å². The van der Waals surface area contributed by atoms with Crippen LogP contribution >= 0.6 is 11.6 Å². The molecular formula is C17H25ClN4O2S. The number of nitrogens with one attached hydrogen (secondary N) is 2. The number of nitriles is 1. The van der Waals surface area contributed by atoms with Gasteiger partial charge >= 0.3 is 0 Å². The van der Waals surface area contributed by atoms with Gasteiger partial charge in [-0.25, -0.2) is 13.1 Å². The predicted molar refractivity (Wildman–Crippen MR) is 99.9 cm³/mol. The molecule has 0 saturated carbocycles. The fraction of sp³-hybridized carbons (Fsp3) is 0.588. The van der Waals surface area contributed by atoms with Crippen LogP contribution in [0.2, 0.25) is 5.02 Å². The summed E-state index contributed by atoms with van der Waals surface area (Å²) < 4.78 is 28.0. The van der Waals surface area contributed by atoms with Gasteiger partial charge in [0.05, 0.1) is 5.02 Å². The first-order valence-electron chi connectivity index (χ1n) is 8.31. The summed E-state index contributed by atoms with van der Waals surface area (Å²) in [5.74, 6) is 0. The van der Waals surface area contributed by atoms with Crippen LogP contribution in [0.3, 0.4) is 0 Å². The van der Waals surface area contributed by atoms with Crippen molar-refractivity contribution in [3.05, 3.63) is 23.2 Å². The van der Waals surface area contributed by atoms with E-state index in [9.17, 15) is 8.42 Å². The molecule has 8 heteroatoms. The van der Waals surface area contributed by atoms with Gasteiger partial charge in [-0.15, -0.1) is 0 Å². The molecule has 1 aromatic carbocycles. The van der Waals surface area contributed by atoms with Crippen molar-refractivity contribution in [1.29, 1.82) is 5.26 Å². The molecule has 0 bridgehead atoms. The molecule has 1 heterocycles. The Balaban J connectivity index is 2.09. The molecule has 2 N–H and O–H groups in total. The van der Waals surface area contributed by atoms with Crippen LogP contribution in [0.15, 0.2) is 23.1 Å². The molecule has 1 saturated heterocycles. The Morgan fingerprint density at radius 1 is 1.40 bits per heavy atom. The van der Waals surface area contributed by atoms with E-state index in [-0.39, 0.29) is 21.4 Å². The maximum absolute atomic E-state index is 12.7. The molecule has 1 fully saturated rings. The van der Waals surface area contributed by atoms with Gasteiger partial charge in [0.1, 0.15) is 4.90 Å². The third-order valence-electron chi connectivity index (χ3n) is 4.08. The van der Waals surface area contributed by atoms with Crippen molar-refractivity contribution in [2.75, 3.05) is 25.0 Å². The summed E-state index contributed by atoms with van der Waals surface area (Å²) >= 11 is 6.12. The number of sulfonamides is 1. The van der Waals surface area contributed by atoms with Gasteiger partial charge < -0.3 is 10.2 Å². The average Bonchev–Trinajstić information content (AvgIpc) is 2.94. The molecule has 0 aliphatic carbocycles. The van der Waals surface area contributed by atoms with Crippen molar-refractivity contribution in [2.24, 2.45) is 5.41 Å². The SMILES string of the molecule is CC(C)(C)CCNc1ccc(Cl)c(S(=O)(=O)N[C@@H]2CCN(C#N)C2)c1. The third kappa shape index (κ3) is 5.77. The maximum atomic E-state index is 12.7. The highest BCUT2D eigenvalue weighted by Gasteiger charge is 2.28. The average molecular weight is 385 g/mol. The van der Waals surface area contributed by atoms with Crippen LogP contribution in [-0.2, 0) is 10.0 Å². The zero-order valence-electron chi connectivity index (χ0n) is 14.8. The number of halogens is 1. The van der Waals surface area contributed by atoms with Crippen LogP contribution in [0.25, 0.3) is 0 Å². The van der Waals surface area contributed by atoms with Crippen LogP contribution in [0.4, 0.5) is 5.69 Å². The Bertz CT molecular complexity index is 753. The lowest BCUT2D eigenvalue weighted by Crippen LogP contribution is -2.36. The monoisotopic (exact) mass is 384 g/mol. The molecule has 25 heavy (non-hydrogen) atoms. The summed E-state index contributed by atoms with van der Waals surface area (Å²) in [6.45, 7) is 8.16. The van der Waals surface area contributed by atoms with E-state index in [1.54, 1.807) is 23.1 Å². The zero-order chi connectivity index (χ0) is 18.7. The van der Waals surface area contributed by atoms with Crippen LogP contribution in [0.5, 0.6) is 0 Å². The topological polar surface area (TPSA) is 85.2 Å². The molecule has 2 rings (SSSR count). The van der Waals surface area contributed by atoms with Crippen molar-refractivity contribution >= 4 is 27.3 Å². The van der Waals surface area contributed by atoms with Crippen LogP contribution in [-0.4, -0.2) is 39.0 Å². The maximum Gasteiger partial charge on any atom is 0.242 e. The molecule has 1 atom stereocenters. The Morgan fingerprint density at radius 2 is 2.12 bits per heavy atom. The molecule has 0 spiro atoms. The van der Waals surface area contributed by atoms with Gasteiger partial charge in [-0.2, -0.15) is 5.26 Å². The van der Waals surface area contributed by atoms with E-state index < -0.39 is 10.0 Å². The summed E-state index contributed by atoms with van der Waals surface area (Å²) in [6.07, 6.45) is 3.60. The van der Waals surface area contributed by atoms with E-state index >= 15 is 0 Å². The summed E-state index contributed by atoms with van der Waals surface area (Å²) in [7, 11) is -3.74. The molecule has 1 aliphatic rings. The lowest BCUT2D eigenvalue weighted by molar-refractivity contribution is 0.390. The minimum atomic E-state index is -3.74. The standard InChI is InChI=1S/C17H25ClN4O2S/c1-17(2,3)7-8-20-13-4-5-15(18)16(10-13)25(23,24)21-14-6-9-22(11-14)12-19/h4-5,10,14,20-21H,6-9,11H2,1-3H3/t14-/m1/s1. The first-order valence-corrected chi connectivity index (χ1v) is 10.2. The van der Waals surface area contributed by atoms with Crippen molar-refractivity contribution in [3.8, 4) is 6.19 Å². The molecule has 0 radical (unpaired) electrons. The van der Waals surface area contributed by atoms with Gasteiger partial charge in [0.25, 0.3) is 0 Å². The number of likely N-dealkylation sites (tertiary alicyclic amines) is 1. The van der Waals surface area contributed by atoms with Gasteiger partial charge in [-0.1, -0.05) is 32.4 Å². The van der Waals surface area contributed by atoms with Gasteiger partial charge in [-0.3, -0.25) is 0 Å². The predicted octanol–water partition coefficient (Wildman–Crippen LogP) is 3.02. The minimum Gasteiger partial charge on any atom is -0.385 e. The lowest BCUT2D eigenvalue weighted by atomic mass is 9.92. The van der Waals surface area contributed by atoms with Crippen molar-refractivity contribution in [2.45, 2.75) is 44.6 Å². The molecule has 0 amide bonds. The summed E-state index contributed by atoms with van der Waals surface area (Å²) in [4.78, 5) is 1.60. The van der Waals surface area contributed by atoms with Crippen molar-refractivity contribution < 1.29 is 8.42 Å². The normalized spacial score (nSPS) is 18.2. The van der Waals surface area contributed by atoms with E-state index in [1.807, 2.05) is 6.19 Å². The molecule has 0 aromatic heterocycles. The molecular weight excluding hydrogens is 360 g/mol. The van der Waals surface area contributed by atoms with Gasteiger partial charge in [0, 0.05) is 31.4 Å². The highest BCUT2D eigenvalue weighted by atomic mass is 35.5. The Labute approximate surface area is 155 Å². The van der Waals surface area contributed by atoms with Crippen molar-refractivity contribution in [3.63, 3.8) is 0 Å². The number of nitrogens with zero attached hydrogens (tertiary/aromatic N) is 2. The number of benzene rings is 1. The molecule has 1 aliphatic heterocycles. The summed E-state index contributed by atoms with van der Waals surface area (Å²) in [5.41, 5.74) is 0.921. The third-order valence-corrected chi connectivity index (χ3v) is 6.08. The van der Waals surface area contributed by atoms with E-state index in [0.717, 1.165) is 18.7 Å². The smallest absolute Gasteiger partial charge is 0.242 e. The van der Waals surface area contributed by atoms with Gasteiger partial charge in [0.15, 0.2) is 6.19 Å². The molecule has 1 aromatic rings. The quantitative estimate of drug-likeness (QED) is 0.736. The molecule has 0 unspecified atom stereocenters. The van der Waals surface area contributed by atoms with Gasteiger partial charge in [0.2, 0.25) is 10.0 Å². The van der Waals surface area contributed by atoms with E-state index in [2.05, 4.69) is 30.8 Å². The van der Waals surface area contributed by atoms with Crippen LogP contribution in [0, 0.1) is 16.9 Å². The summed E-state index contributed by atoms with van der Waals surface area (Å²) in [5, 5.41) is 12.3. The van der Waals surface area contributed by atoms with E-state index in [0.29, 0.717) is 19.5 Å². The first-order chi connectivity index (χ1) is 11.6.